The van der Waals surface area contributed by atoms with Crippen LogP contribution in [0.15, 0.2) is 18.2 Å². The molecule has 0 heterocycles. The van der Waals surface area contributed by atoms with Crippen LogP contribution >= 0.6 is 22.6 Å². The highest BCUT2D eigenvalue weighted by Crippen LogP contribution is 2.23. The fourth-order valence-corrected chi connectivity index (χ4v) is 3.27. The minimum Gasteiger partial charge on any atom is -0.481 e. The van der Waals surface area contributed by atoms with Crippen molar-refractivity contribution in [1.29, 1.82) is 0 Å². The summed E-state index contributed by atoms with van der Waals surface area (Å²) in [4.78, 5) is 35.6. The Balaban J connectivity index is 2.87. The van der Waals surface area contributed by atoms with Gasteiger partial charge in [-0.3, -0.25) is 4.79 Å². The van der Waals surface area contributed by atoms with E-state index in [-0.39, 0.29) is 12.3 Å². The lowest BCUT2D eigenvalue weighted by Crippen LogP contribution is -2.49. The van der Waals surface area contributed by atoms with Crippen LogP contribution in [0, 0.1) is 3.57 Å². The molecule has 0 bridgehead atoms. The monoisotopic (exact) mass is 534 g/mol. The van der Waals surface area contributed by atoms with Gasteiger partial charge in [-0.05, 0) is 67.5 Å². The number of hydrogen-bond donors (Lipinski definition) is 3. The Bertz CT molecular complexity index is 733. The molecular weight excluding hydrogens is 503 g/mol. The summed E-state index contributed by atoms with van der Waals surface area (Å²) in [5, 5.41) is 14.3. The largest absolute Gasteiger partial charge is 0.481 e. The average Bonchev–Trinajstić information content (AvgIpc) is 2.62. The summed E-state index contributed by atoms with van der Waals surface area (Å²) in [5.74, 6) is -0.892. The maximum absolute atomic E-state index is 12.7. The molecule has 1 aromatic carbocycles. The Morgan fingerprint density at radius 3 is 2.47 bits per heavy atom. The van der Waals surface area contributed by atoms with E-state index in [9.17, 15) is 14.4 Å². The van der Waals surface area contributed by atoms with Crippen LogP contribution in [0.1, 0.15) is 52.5 Å². The molecule has 0 saturated heterocycles. The van der Waals surface area contributed by atoms with Gasteiger partial charge >= 0.3 is 12.1 Å². The standard InChI is InChI=1S/C21H31IN2O6/c1-5-6-7-10-23-19(27)16(24-20(28)30-21(2,3)4)12-14-8-9-17(15(22)11-14)29-13-18(25)26/h8-9,11,16H,5-7,10,12-13H2,1-4H3,(H,23,27)(H,24,28)(H,25,26). The Morgan fingerprint density at radius 2 is 1.90 bits per heavy atom. The summed E-state index contributed by atoms with van der Waals surface area (Å²) in [7, 11) is 0. The number of carboxylic acid groups (broad SMARTS) is 1. The predicted molar refractivity (Wildman–Crippen MR) is 122 cm³/mol. The molecule has 9 heteroatoms. The molecule has 1 rings (SSSR count). The van der Waals surface area contributed by atoms with Crippen LogP contribution in [0.2, 0.25) is 0 Å². The molecule has 1 aromatic rings. The van der Waals surface area contributed by atoms with E-state index in [0.717, 1.165) is 24.8 Å². The lowest BCUT2D eigenvalue weighted by Gasteiger charge is -2.23. The van der Waals surface area contributed by atoms with Gasteiger partial charge in [0.25, 0.3) is 0 Å². The number of hydrogen-bond acceptors (Lipinski definition) is 5. The number of halogens is 1. The number of carboxylic acids is 1. The van der Waals surface area contributed by atoms with Crippen molar-refractivity contribution in [3.8, 4) is 5.75 Å². The SMILES string of the molecule is CCCCCNC(=O)C(Cc1ccc(OCC(=O)O)c(I)c1)NC(=O)OC(C)(C)C. The minimum absolute atomic E-state index is 0.258. The van der Waals surface area contributed by atoms with E-state index in [1.807, 2.05) is 22.6 Å². The van der Waals surface area contributed by atoms with Gasteiger partial charge in [-0.25, -0.2) is 9.59 Å². The first-order valence-corrected chi connectivity index (χ1v) is 11.0. The van der Waals surface area contributed by atoms with Crippen LogP contribution in [0.4, 0.5) is 4.79 Å². The highest BCUT2D eigenvalue weighted by molar-refractivity contribution is 14.1. The number of benzene rings is 1. The maximum Gasteiger partial charge on any atom is 0.408 e. The third kappa shape index (κ3) is 10.7. The Labute approximate surface area is 191 Å². The van der Waals surface area contributed by atoms with Crippen LogP contribution in [0.25, 0.3) is 0 Å². The summed E-state index contributed by atoms with van der Waals surface area (Å²) in [6.07, 6.45) is 2.53. The Hall–Kier alpha value is -2.04. The van der Waals surface area contributed by atoms with Gasteiger partial charge in [-0.15, -0.1) is 0 Å². The molecule has 0 aliphatic carbocycles. The molecule has 8 nitrogen and oxygen atoms in total. The number of carbonyl (C=O) groups is 3. The number of amides is 2. The predicted octanol–water partition coefficient (Wildman–Crippen LogP) is 3.50. The molecule has 0 radical (unpaired) electrons. The summed E-state index contributed by atoms with van der Waals surface area (Å²) in [5.41, 5.74) is 0.122. The van der Waals surface area contributed by atoms with Gasteiger partial charge in [0.2, 0.25) is 5.91 Å². The van der Waals surface area contributed by atoms with Crippen molar-refractivity contribution >= 4 is 40.6 Å². The molecule has 2 amide bonds. The first-order chi connectivity index (χ1) is 14.0. The number of aliphatic carboxylic acids is 1. The molecule has 1 unspecified atom stereocenters. The molecule has 168 valence electrons. The van der Waals surface area contributed by atoms with Crippen LogP contribution in [0.3, 0.4) is 0 Å². The summed E-state index contributed by atoms with van der Waals surface area (Å²) < 4.78 is 11.2. The van der Waals surface area contributed by atoms with Crippen LogP contribution in [0.5, 0.6) is 5.75 Å². The van der Waals surface area contributed by atoms with E-state index in [1.54, 1.807) is 39.0 Å². The molecule has 0 aliphatic rings. The van der Waals surface area contributed by atoms with Gasteiger partial charge in [0.15, 0.2) is 6.61 Å². The zero-order chi connectivity index (χ0) is 22.7. The van der Waals surface area contributed by atoms with Crippen molar-refractivity contribution < 1.29 is 29.0 Å². The van der Waals surface area contributed by atoms with Crippen molar-refractivity contribution in [3.63, 3.8) is 0 Å². The molecule has 1 atom stereocenters. The van der Waals surface area contributed by atoms with E-state index in [4.69, 9.17) is 14.6 Å². The third-order valence-corrected chi connectivity index (χ3v) is 4.72. The van der Waals surface area contributed by atoms with E-state index < -0.39 is 30.3 Å². The zero-order valence-corrected chi connectivity index (χ0v) is 20.1. The number of ether oxygens (including phenoxy) is 2. The van der Waals surface area contributed by atoms with Crippen LogP contribution in [-0.2, 0) is 20.7 Å². The summed E-state index contributed by atoms with van der Waals surface area (Å²) >= 11 is 2.04. The van der Waals surface area contributed by atoms with Gasteiger partial charge in [0, 0.05) is 13.0 Å². The second-order valence-electron chi connectivity index (χ2n) is 7.85. The highest BCUT2D eigenvalue weighted by Gasteiger charge is 2.25. The van der Waals surface area contributed by atoms with Crippen LogP contribution in [-0.4, -0.2) is 47.9 Å². The second kappa shape index (κ2) is 12.6. The van der Waals surface area contributed by atoms with Crippen molar-refractivity contribution in [1.82, 2.24) is 10.6 Å². The molecular formula is C21H31IN2O6. The fourth-order valence-electron chi connectivity index (χ4n) is 2.53. The van der Waals surface area contributed by atoms with Crippen molar-refractivity contribution in [2.45, 2.75) is 65.0 Å². The average molecular weight is 534 g/mol. The highest BCUT2D eigenvalue weighted by atomic mass is 127. The van der Waals surface area contributed by atoms with Gasteiger partial charge in [0.05, 0.1) is 3.57 Å². The van der Waals surface area contributed by atoms with Crippen molar-refractivity contribution in [2.24, 2.45) is 0 Å². The molecule has 0 saturated carbocycles. The van der Waals surface area contributed by atoms with Gasteiger partial charge in [-0.1, -0.05) is 25.8 Å². The lowest BCUT2D eigenvalue weighted by atomic mass is 10.0. The van der Waals surface area contributed by atoms with E-state index >= 15 is 0 Å². The van der Waals surface area contributed by atoms with Gasteiger partial charge in [0.1, 0.15) is 17.4 Å². The summed E-state index contributed by atoms with van der Waals surface area (Å²) in [6, 6.07) is 4.39. The molecule has 0 spiro atoms. The molecule has 0 aliphatic heterocycles. The maximum atomic E-state index is 12.7. The van der Waals surface area contributed by atoms with E-state index in [0.29, 0.717) is 15.9 Å². The topological polar surface area (TPSA) is 114 Å². The summed E-state index contributed by atoms with van der Waals surface area (Å²) in [6.45, 7) is 7.46. The zero-order valence-electron chi connectivity index (χ0n) is 17.9. The van der Waals surface area contributed by atoms with Gasteiger partial charge in [-0.2, -0.15) is 0 Å². The quantitative estimate of drug-likeness (QED) is 0.296. The minimum atomic E-state index is -1.06. The molecule has 3 N–H and O–H groups in total. The Morgan fingerprint density at radius 1 is 1.20 bits per heavy atom. The van der Waals surface area contributed by atoms with E-state index in [1.165, 1.54) is 0 Å². The van der Waals surface area contributed by atoms with E-state index in [2.05, 4.69) is 17.6 Å². The normalized spacial score (nSPS) is 12.0. The molecule has 30 heavy (non-hydrogen) atoms. The first-order valence-electron chi connectivity index (χ1n) is 9.92. The van der Waals surface area contributed by atoms with Crippen molar-refractivity contribution in [3.05, 3.63) is 27.3 Å². The van der Waals surface area contributed by atoms with Crippen molar-refractivity contribution in [2.75, 3.05) is 13.2 Å². The number of carbonyl (C=O) groups excluding carboxylic acids is 2. The molecule has 0 fully saturated rings. The number of rotatable bonds is 11. The lowest BCUT2D eigenvalue weighted by molar-refractivity contribution is -0.139. The smallest absolute Gasteiger partial charge is 0.408 e. The first kappa shape index (κ1) is 26.0. The molecule has 0 aromatic heterocycles. The van der Waals surface area contributed by atoms with Gasteiger partial charge < -0.3 is 25.2 Å². The number of alkyl carbamates (subject to hydrolysis) is 1. The Kier molecular flexibility index (Phi) is 10.9. The third-order valence-electron chi connectivity index (χ3n) is 3.87. The number of unbranched alkanes of at least 4 members (excludes halogenated alkanes) is 2. The second-order valence-corrected chi connectivity index (χ2v) is 9.01. The van der Waals surface area contributed by atoms with Crippen LogP contribution < -0.4 is 15.4 Å². The number of nitrogens with one attached hydrogen (secondary N) is 2. The fraction of sp³-hybridized carbons (Fsp3) is 0.571.